The highest BCUT2D eigenvalue weighted by Crippen LogP contribution is 2.36. The quantitative estimate of drug-likeness (QED) is 0.120. The Morgan fingerprint density at radius 2 is 1.65 bits per heavy atom. The predicted octanol–water partition coefficient (Wildman–Crippen LogP) is 9.08. The van der Waals surface area contributed by atoms with Gasteiger partial charge >= 0.3 is 0 Å². The molecular weight excluding hydrogens is 633 g/mol. The number of rotatable bonds is 13. The number of hydrogen-bond donors (Lipinski definition) is 0. The van der Waals surface area contributed by atoms with E-state index < -0.39 is 5.41 Å². The van der Waals surface area contributed by atoms with Crippen LogP contribution in [0.15, 0.2) is 107 Å². The van der Waals surface area contributed by atoms with Crippen LogP contribution in [0.4, 0.5) is 0 Å². The molecule has 2 aliphatic heterocycles. The zero-order chi connectivity index (χ0) is 36.6. The number of carbonyl (C=O) groups excluding carboxylic acids is 2. The Labute approximate surface area is 305 Å². The number of hydrogen-bond acceptors (Lipinski definition) is 5. The van der Waals surface area contributed by atoms with Crippen LogP contribution < -0.4 is 4.74 Å². The molecule has 0 aliphatic carbocycles. The smallest absolute Gasteiger partial charge is 0.254 e. The molecule has 2 aromatic rings. The normalized spacial score (nSPS) is 17.6. The maximum absolute atomic E-state index is 14.3. The van der Waals surface area contributed by atoms with Gasteiger partial charge in [0.05, 0.1) is 17.2 Å². The van der Waals surface area contributed by atoms with Crippen molar-refractivity contribution in [1.29, 1.82) is 5.26 Å². The number of ether oxygens (including phenoxy) is 1. The lowest BCUT2D eigenvalue weighted by molar-refractivity contribution is -0.128. The minimum atomic E-state index is -0.616. The highest BCUT2D eigenvalue weighted by atomic mass is 16.5. The van der Waals surface area contributed by atoms with E-state index in [1.54, 1.807) is 6.08 Å². The summed E-state index contributed by atoms with van der Waals surface area (Å²) >= 11 is 0. The molecule has 0 atom stereocenters. The van der Waals surface area contributed by atoms with E-state index in [-0.39, 0.29) is 18.4 Å². The molecule has 2 fully saturated rings. The first-order valence-electron chi connectivity index (χ1n) is 18.5. The number of piperidine rings is 2. The highest BCUT2D eigenvalue weighted by Gasteiger charge is 2.38. The average molecular weight is 687 g/mol. The third kappa shape index (κ3) is 10.3. The van der Waals surface area contributed by atoms with Crippen LogP contribution in [0.25, 0.3) is 5.57 Å². The molecule has 2 heterocycles. The Hall–Kier alpha value is -4.96. The van der Waals surface area contributed by atoms with Gasteiger partial charge in [-0.25, -0.2) is 0 Å². The van der Waals surface area contributed by atoms with E-state index in [2.05, 4.69) is 13.0 Å². The molecule has 51 heavy (non-hydrogen) atoms. The van der Waals surface area contributed by atoms with Gasteiger partial charge in [0.2, 0.25) is 0 Å². The van der Waals surface area contributed by atoms with Crippen LogP contribution in [-0.4, -0.2) is 60.1 Å². The molecular formula is C44H54N4O3. The van der Waals surface area contributed by atoms with Crippen molar-refractivity contribution < 1.29 is 14.3 Å². The van der Waals surface area contributed by atoms with Crippen molar-refractivity contribution >= 4 is 23.1 Å². The Morgan fingerprint density at radius 3 is 2.27 bits per heavy atom. The number of amides is 2. The van der Waals surface area contributed by atoms with Crippen molar-refractivity contribution in [2.75, 3.05) is 32.8 Å². The third-order valence-corrected chi connectivity index (χ3v) is 9.75. The first kappa shape index (κ1) is 38.8. The van der Waals surface area contributed by atoms with Crippen molar-refractivity contribution in [2.45, 2.75) is 85.0 Å². The van der Waals surface area contributed by atoms with Gasteiger partial charge in [0.15, 0.2) is 0 Å². The summed E-state index contributed by atoms with van der Waals surface area (Å²) in [6, 6.07) is 18.3. The lowest BCUT2D eigenvalue weighted by atomic mass is 9.74. The maximum atomic E-state index is 14.3. The lowest BCUT2D eigenvalue weighted by Crippen LogP contribution is -2.45. The second-order valence-electron chi connectivity index (χ2n) is 13.2. The summed E-state index contributed by atoms with van der Waals surface area (Å²) in [5.41, 5.74) is 4.81. The van der Waals surface area contributed by atoms with E-state index in [0.717, 1.165) is 53.8 Å². The van der Waals surface area contributed by atoms with Gasteiger partial charge in [0.1, 0.15) is 12.4 Å². The molecule has 2 aliphatic rings. The second-order valence-corrected chi connectivity index (χ2v) is 13.2. The monoisotopic (exact) mass is 686 g/mol. The molecule has 268 valence electrons. The van der Waals surface area contributed by atoms with E-state index in [0.29, 0.717) is 62.3 Å². The van der Waals surface area contributed by atoms with Crippen LogP contribution in [-0.2, 0) is 15.0 Å². The lowest BCUT2D eigenvalue weighted by Gasteiger charge is -2.38. The molecule has 7 heteroatoms. The van der Waals surface area contributed by atoms with Crippen LogP contribution in [0.1, 0.15) is 89.3 Å². The molecule has 0 unspecified atom stereocenters. The summed E-state index contributed by atoms with van der Waals surface area (Å²) in [5, 5.41) is 10.2. The molecule has 0 N–H and O–H groups in total. The fourth-order valence-electron chi connectivity index (χ4n) is 6.62. The molecule has 0 spiro atoms. The van der Waals surface area contributed by atoms with Crippen LogP contribution >= 0.6 is 0 Å². The Kier molecular flexibility index (Phi) is 14.8. The average Bonchev–Trinajstić information content (AvgIpc) is 3.18. The molecule has 2 saturated heterocycles. The molecule has 2 amide bonds. The third-order valence-electron chi connectivity index (χ3n) is 9.75. The van der Waals surface area contributed by atoms with E-state index >= 15 is 0 Å². The summed E-state index contributed by atoms with van der Waals surface area (Å²) in [5.74, 6) is 0.439. The van der Waals surface area contributed by atoms with Gasteiger partial charge in [0.25, 0.3) is 11.8 Å². The fraction of sp³-hybridized carbons (Fsp3) is 0.409. The number of allylic oxidation sites excluding steroid dienone is 6. The highest BCUT2D eigenvalue weighted by molar-refractivity contribution is 6.21. The number of benzene rings is 2. The standard InChI is InChI=1S/C44H54N4O3/c1-6-10-13-21-37(8-3)46-38(9-4)32-51-39-23-22-34(5)40(31-39)41(43(50)47-26-16-12-17-27-47)30-35(18-7-2)42(49)48-28-24-44(33-45,25-29-48)36-19-14-11-15-20-36/h6,9-11,13-15,18-23,30-31H,7-8,12,16-17,24-29,32H2,1-5H3/b10-6-,21-13-,35-18-,38-9-,41-30+,46-37+. The van der Waals surface area contributed by atoms with Gasteiger partial charge in [-0.2, -0.15) is 5.26 Å². The number of likely N-dealkylation sites (tertiary alicyclic amines) is 2. The molecule has 7 nitrogen and oxygen atoms in total. The van der Waals surface area contributed by atoms with Crippen molar-refractivity contribution in [2.24, 2.45) is 4.99 Å². The molecule has 2 aromatic carbocycles. The molecule has 0 saturated carbocycles. The van der Waals surface area contributed by atoms with Gasteiger partial charge in [-0.15, -0.1) is 0 Å². The number of carbonyl (C=O) groups is 2. The first-order valence-corrected chi connectivity index (χ1v) is 18.5. The van der Waals surface area contributed by atoms with Gasteiger partial charge in [0, 0.05) is 43.0 Å². The van der Waals surface area contributed by atoms with E-state index in [9.17, 15) is 14.9 Å². The summed E-state index contributed by atoms with van der Waals surface area (Å²) in [7, 11) is 0. The summed E-state index contributed by atoms with van der Waals surface area (Å²) < 4.78 is 6.28. The minimum absolute atomic E-state index is 0.0739. The van der Waals surface area contributed by atoms with Crippen molar-refractivity contribution in [3.05, 3.63) is 119 Å². The van der Waals surface area contributed by atoms with Crippen LogP contribution in [0.5, 0.6) is 5.75 Å². The fourth-order valence-corrected chi connectivity index (χ4v) is 6.62. The van der Waals surface area contributed by atoms with Gasteiger partial charge in [-0.1, -0.05) is 80.6 Å². The number of aliphatic imine (C=N–C) groups is 1. The van der Waals surface area contributed by atoms with E-state index in [4.69, 9.17) is 9.73 Å². The maximum Gasteiger partial charge on any atom is 0.254 e. The van der Waals surface area contributed by atoms with E-state index in [1.165, 1.54) is 0 Å². The first-order chi connectivity index (χ1) is 24.8. The number of nitrogens with zero attached hydrogens (tertiary/aromatic N) is 4. The summed E-state index contributed by atoms with van der Waals surface area (Å²) in [6.07, 6.45) is 19.2. The zero-order valence-corrected chi connectivity index (χ0v) is 31.2. The Bertz CT molecular complexity index is 1720. The Morgan fingerprint density at radius 1 is 0.941 bits per heavy atom. The van der Waals surface area contributed by atoms with Crippen LogP contribution in [0.3, 0.4) is 0 Å². The van der Waals surface area contributed by atoms with Crippen LogP contribution in [0.2, 0.25) is 0 Å². The van der Waals surface area contributed by atoms with Gasteiger partial charge in [-0.05, 0) is 107 Å². The Balaban J connectivity index is 1.64. The second kappa shape index (κ2) is 19.4. The molecule has 4 rings (SSSR count). The molecule has 0 bridgehead atoms. The van der Waals surface area contributed by atoms with Crippen molar-refractivity contribution in [3.63, 3.8) is 0 Å². The van der Waals surface area contributed by atoms with Gasteiger partial charge < -0.3 is 14.5 Å². The number of aryl methyl sites for hydroxylation is 1. The van der Waals surface area contributed by atoms with Crippen molar-refractivity contribution in [3.8, 4) is 11.8 Å². The SMILES string of the molecule is C\C=C/C=C\C(CC)=N\C(=C/C)COc1ccc(C)c(/C(=C\C(=C\CC)C(=O)N2CCC(C#N)(c3ccccc3)CC2)C(=O)N2CCCCC2)c1. The zero-order valence-electron chi connectivity index (χ0n) is 31.2. The summed E-state index contributed by atoms with van der Waals surface area (Å²) in [6.45, 7) is 12.6. The largest absolute Gasteiger partial charge is 0.487 e. The molecule has 0 aromatic heterocycles. The van der Waals surface area contributed by atoms with E-state index in [1.807, 2.05) is 122 Å². The summed E-state index contributed by atoms with van der Waals surface area (Å²) in [4.78, 5) is 37.1. The minimum Gasteiger partial charge on any atom is -0.487 e. The topological polar surface area (TPSA) is 86.0 Å². The van der Waals surface area contributed by atoms with Gasteiger partial charge in [-0.3, -0.25) is 14.6 Å². The van der Waals surface area contributed by atoms with Crippen molar-refractivity contribution in [1.82, 2.24) is 9.80 Å². The predicted molar refractivity (Wildman–Crippen MR) is 208 cm³/mol. The number of nitriles is 1. The van der Waals surface area contributed by atoms with Crippen LogP contribution in [0, 0.1) is 18.3 Å². The molecule has 0 radical (unpaired) electrons.